The molecule has 96 valence electrons. The van der Waals surface area contributed by atoms with Crippen molar-refractivity contribution in [3.63, 3.8) is 0 Å². The van der Waals surface area contributed by atoms with Crippen LogP contribution in [0.1, 0.15) is 25.3 Å². The van der Waals surface area contributed by atoms with Crippen molar-refractivity contribution in [2.75, 3.05) is 30.7 Å². The quantitative estimate of drug-likeness (QED) is 0.799. The van der Waals surface area contributed by atoms with Crippen LogP contribution in [-0.2, 0) is 0 Å². The Hall–Kier alpha value is -1.73. The van der Waals surface area contributed by atoms with Crippen molar-refractivity contribution in [2.24, 2.45) is 0 Å². The fraction of sp³-hybridized carbons (Fsp3) is 0.500. The van der Waals surface area contributed by atoms with Gasteiger partial charge in [0.05, 0.1) is 23.0 Å². The maximum atomic E-state index is 8.81. The lowest BCUT2D eigenvalue weighted by molar-refractivity contribution is 0.227. The summed E-state index contributed by atoms with van der Waals surface area (Å²) < 4.78 is 0. The van der Waals surface area contributed by atoms with Gasteiger partial charge in [0, 0.05) is 12.6 Å². The van der Waals surface area contributed by atoms with Crippen LogP contribution in [0.3, 0.4) is 0 Å². The van der Waals surface area contributed by atoms with Crippen LogP contribution in [0.15, 0.2) is 18.2 Å². The van der Waals surface area contributed by atoms with Gasteiger partial charge in [0.1, 0.15) is 0 Å². The molecule has 1 heterocycles. The number of piperidine rings is 1. The van der Waals surface area contributed by atoms with Crippen LogP contribution in [0.5, 0.6) is 0 Å². The van der Waals surface area contributed by atoms with Crippen molar-refractivity contribution < 1.29 is 0 Å². The second-order valence-corrected chi connectivity index (χ2v) is 4.79. The summed E-state index contributed by atoms with van der Waals surface area (Å²) in [6.45, 7) is 5.55. The number of hydrogen-bond acceptors (Lipinski definition) is 4. The van der Waals surface area contributed by atoms with E-state index in [1.807, 2.05) is 6.07 Å². The molecule has 4 nitrogen and oxygen atoms in total. The van der Waals surface area contributed by atoms with Crippen molar-refractivity contribution >= 4 is 11.4 Å². The molecule has 0 aromatic heterocycles. The minimum absolute atomic E-state index is 0.453. The Morgan fingerprint density at radius 1 is 1.56 bits per heavy atom. The van der Waals surface area contributed by atoms with Crippen LogP contribution >= 0.6 is 0 Å². The molecule has 1 fully saturated rings. The van der Waals surface area contributed by atoms with E-state index in [1.54, 1.807) is 12.1 Å². The zero-order valence-corrected chi connectivity index (χ0v) is 10.8. The Bertz CT molecular complexity index is 450. The highest BCUT2D eigenvalue weighted by atomic mass is 15.2. The van der Waals surface area contributed by atoms with Gasteiger partial charge in [-0.2, -0.15) is 5.26 Å². The number of likely N-dealkylation sites (N-methyl/N-ethyl adjacent to an activating group) is 1. The van der Waals surface area contributed by atoms with Gasteiger partial charge in [-0.15, -0.1) is 0 Å². The topological polar surface area (TPSA) is 65.1 Å². The number of rotatable bonds is 3. The maximum Gasteiger partial charge on any atom is 0.0992 e. The van der Waals surface area contributed by atoms with E-state index >= 15 is 0 Å². The molecule has 1 atom stereocenters. The summed E-state index contributed by atoms with van der Waals surface area (Å²) in [6, 6.07) is 7.98. The summed E-state index contributed by atoms with van der Waals surface area (Å²) in [7, 11) is 0. The van der Waals surface area contributed by atoms with E-state index < -0.39 is 0 Å². The first-order valence-electron chi connectivity index (χ1n) is 6.51. The van der Waals surface area contributed by atoms with E-state index in [0.29, 0.717) is 17.3 Å². The SMILES string of the molecule is CCN1CCCC(Nc2ccc(C#N)cc2N)C1. The molecule has 1 aromatic rings. The standard InChI is InChI=1S/C14H20N4/c1-2-18-7-3-4-12(10-18)17-14-6-5-11(9-15)8-13(14)16/h5-6,8,12,17H,2-4,7,10,16H2,1H3. The molecule has 0 spiro atoms. The van der Waals surface area contributed by atoms with Crippen molar-refractivity contribution in [2.45, 2.75) is 25.8 Å². The number of nitrogens with one attached hydrogen (secondary N) is 1. The molecule has 1 saturated heterocycles. The lowest BCUT2D eigenvalue weighted by Gasteiger charge is -2.33. The summed E-state index contributed by atoms with van der Waals surface area (Å²) in [5, 5.41) is 12.3. The summed E-state index contributed by atoms with van der Waals surface area (Å²) >= 11 is 0. The van der Waals surface area contributed by atoms with Crippen molar-refractivity contribution in [1.29, 1.82) is 5.26 Å². The Kier molecular flexibility index (Phi) is 4.06. The summed E-state index contributed by atoms with van der Waals surface area (Å²) in [6.07, 6.45) is 2.40. The molecular formula is C14H20N4. The molecule has 2 rings (SSSR count). The van der Waals surface area contributed by atoms with Gasteiger partial charge < -0.3 is 16.0 Å². The molecule has 4 heteroatoms. The number of nitrogens with zero attached hydrogens (tertiary/aromatic N) is 2. The summed E-state index contributed by atoms with van der Waals surface area (Å²) in [4.78, 5) is 2.45. The molecule has 1 aliphatic rings. The Balaban J connectivity index is 2.03. The summed E-state index contributed by atoms with van der Waals surface area (Å²) in [5.41, 5.74) is 8.16. The molecule has 3 N–H and O–H groups in total. The van der Waals surface area contributed by atoms with E-state index in [1.165, 1.54) is 19.4 Å². The van der Waals surface area contributed by atoms with E-state index in [9.17, 15) is 0 Å². The number of likely N-dealkylation sites (tertiary alicyclic amines) is 1. The Morgan fingerprint density at radius 2 is 2.39 bits per heavy atom. The maximum absolute atomic E-state index is 8.81. The number of anilines is 2. The molecule has 0 aliphatic carbocycles. The van der Waals surface area contributed by atoms with Gasteiger partial charge in [-0.3, -0.25) is 0 Å². The Labute approximate surface area is 108 Å². The van der Waals surface area contributed by atoms with Gasteiger partial charge in [-0.1, -0.05) is 6.92 Å². The predicted octanol–water partition coefficient (Wildman–Crippen LogP) is 2.04. The molecule has 0 radical (unpaired) electrons. The minimum atomic E-state index is 0.453. The fourth-order valence-corrected chi connectivity index (χ4v) is 2.44. The second kappa shape index (κ2) is 5.74. The van der Waals surface area contributed by atoms with Gasteiger partial charge in [0.2, 0.25) is 0 Å². The number of nitrogen functional groups attached to an aromatic ring is 1. The minimum Gasteiger partial charge on any atom is -0.397 e. The first-order chi connectivity index (χ1) is 8.72. The van der Waals surface area contributed by atoms with Crippen molar-refractivity contribution in [3.8, 4) is 6.07 Å². The van der Waals surface area contributed by atoms with Crippen LogP contribution in [0, 0.1) is 11.3 Å². The van der Waals surface area contributed by atoms with Gasteiger partial charge in [0.25, 0.3) is 0 Å². The van der Waals surface area contributed by atoms with Crippen LogP contribution in [0.2, 0.25) is 0 Å². The molecule has 1 aliphatic heterocycles. The van der Waals surface area contributed by atoms with Gasteiger partial charge in [0.15, 0.2) is 0 Å². The normalized spacial score (nSPS) is 20.3. The van der Waals surface area contributed by atoms with Crippen LogP contribution in [0.4, 0.5) is 11.4 Å². The second-order valence-electron chi connectivity index (χ2n) is 4.79. The number of benzene rings is 1. The van der Waals surface area contributed by atoms with Gasteiger partial charge in [-0.25, -0.2) is 0 Å². The summed E-state index contributed by atoms with van der Waals surface area (Å²) in [5.74, 6) is 0. The van der Waals surface area contributed by atoms with Gasteiger partial charge in [-0.05, 0) is 44.1 Å². The van der Waals surface area contributed by atoms with Crippen LogP contribution < -0.4 is 11.1 Å². The average molecular weight is 244 g/mol. The van der Waals surface area contributed by atoms with Gasteiger partial charge >= 0.3 is 0 Å². The predicted molar refractivity (Wildman–Crippen MR) is 74.3 cm³/mol. The highest BCUT2D eigenvalue weighted by Crippen LogP contribution is 2.22. The van der Waals surface area contributed by atoms with Crippen LogP contribution in [0.25, 0.3) is 0 Å². The molecule has 18 heavy (non-hydrogen) atoms. The largest absolute Gasteiger partial charge is 0.397 e. The van der Waals surface area contributed by atoms with Crippen LogP contribution in [-0.4, -0.2) is 30.6 Å². The highest BCUT2D eigenvalue weighted by Gasteiger charge is 2.18. The fourth-order valence-electron chi connectivity index (χ4n) is 2.44. The van der Waals surface area contributed by atoms with E-state index in [2.05, 4.69) is 23.2 Å². The number of nitrogens with two attached hydrogens (primary N) is 1. The first kappa shape index (κ1) is 12.7. The number of nitriles is 1. The molecule has 1 aromatic carbocycles. The molecular weight excluding hydrogens is 224 g/mol. The lowest BCUT2D eigenvalue weighted by atomic mass is 10.0. The third kappa shape index (κ3) is 2.93. The average Bonchev–Trinajstić information content (AvgIpc) is 2.41. The van der Waals surface area contributed by atoms with E-state index in [0.717, 1.165) is 18.8 Å². The molecule has 0 saturated carbocycles. The highest BCUT2D eigenvalue weighted by molar-refractivity contribution is 5.68. The Morgan fingerprint density at radius 3 is 3.06 bits per heavy atom. The lowest BCUT2D eigenvalue weighted by Crippen LogP contribution is -2.41. The number of hydrogen-bond donors (Lipinski definition) is 2. The third-order valence-electron chi connectivity index (χ3n) is 3.49. The van der Waals surface area contributed by atoms with E-state index in [4.69, 9.17) is 11.0 Å². The molecule has 0 bridgehead atoms. The van der Waals surface area contributed by atoms with Crippen molar-refractivity contribution in [1.82, 2.24) is 4.90 Å². The van der Waals surface area contributed by atoms with E-state index in [-0.39, 0.29) is 0 Å². The third-order valence-corrected chi connectivity index (χ3v) is 3.49. The zero-order chi connectivity index (χ0) is 13.0. The molecule has 0 amide bonds. The first-order valence-corrected chi connectivity index (χ1v) is 6.51. The zero-order valence-electron chi connectivity index (χ0n) is 10.8. The monoisotopic (exact) mass is 244 g/mol. The van der Waals surface area contributed by atoms with Crippen molar-refractivity contribution in [3.05, 3.63) is 23.8 Å². The smallest absolute Gasteiger partial charge is 0.0992 e. The molecule has 1 unspecified atom stereocenters.